The number of phenols is 1. The lowest BCUT2D eigenvalue weighted by Crippen LogP contribution is -2.03. The molecule has 0 bridgehead atoms. The Morgan fingerprint density at radius 1 is 1.58 bits per heavy atom. The van der Waals surface area contributed by atoms with Gasteiger partial charge in [0.1, 0.15) is 11.8 Å². The number of hydrogen-bond acceptors (Lipinski definition) is 5. The smallest absolute Gasteiger partial charge is 0.341 e. The summed E-state index contributed by atoms with van der Waals surface area (Å²) in [7, 11) is 0. The predicted molar refractivity (Wildman–Crippen MR) is 65.9 cm³/mol. The largest absolute Gasteiger partial charge is 0.507 e. The van der Waals surface area contributed by atoms with Crippen molar-refractivity contribution in [1.82, 2.24) is 9.78 Å². The van der Waals surface area contributed by atoms with Gasteiger partial charge >= 0.3 is 5.97 Å². The van der Waals surface area contributed by atoms with Gasteiger partial charge in [0.05, 0.1) is 29.6 Å². The van der Waals surface area contributed by atoms with Crippen LogP contribution in [0.1, 0.15) is 22.8 Å². The summed E-state index contributed by atoms with van der Waals surface area (Å²) in [5.74, 6) is -0.544. The summed E-state index contributed by atoms with van der Waals surface area (Å²) in [6.07, 6.45) is 2.89. The van der Waals surface area contributed by atoms with Crippen LogP contribution in [0.2, 0.25) is 0 Å². The predicted octanol–water partition coefficient (Wildman–Crippen LogP) is 1.63. The lowest BCUT2D eigenvalue weighted by atomic mass is 10.2. The minimum Gasteiger partial charge on any atom is -0.507 e. The number of hydrogen-bond donors (Lipinski definition) is 1. The first-order valence-corrected chi connectivity index (χ1v) is 5.61. The number of aromatic hydroxyl groups is 1. The molecule has 0 aliphatic rings. The summed E-state index contributed by atoms with van der Waals surface area (Å²) in [6.45, 7) is 2.02. The van der Waals surface area contributed by atoms with E-state index in [0.29, 0.717) is 17.9 Å². The molecular weight excluding hydrogens is 246 g/mol. The normalized spacial score (nSPS) is 9.89. The number of benzene rings is 1. The van der Waals surface area contributed by atoms with E-state index < -0.39 is 5.97 Å². The zero-order valence-corrected chi connectivity index (χ0v) is 10.2. The number of esters is 1. The van der Waals surface area contributed by atoms with E-state index in [0.717, 1.165) is 0 Å². The van der Waals surface area contributed by atoms with Crippen LogP contribution in [0.4, 0.5) is 0 Å². The minimum atomic E-state index is -0.451. The molecule has 0 aliphatic heterocycles. The van der Waals surface area contributed by atoms with Gasteiger partial charge in [-0.1, -0.05) is 0 Å². The van der Waals surface area contributed by atoms with E-state index in [2.05, 4.69) is 5.10 Å². The number of ether oxygens (including phenoxy) is 1. The van der Waals surface area contributed by atoms with Gasteiger partial charge in [0.25, 0.3) is 0 Å². The number of phenolic OH excluding ortho intramolecular Hbond substituents is 1. The molecule has 2 rings (SSSR count). The molecule has 0 saturated heterocycles. The van der Waals surface area contributed by atoms with Gasteiger partial charge in [0.2, 0.25) is 0 Å². The second-order valence-corrected chi connectivity index (χ2v) is 3.71. The van der Waals surface area contributed by atoms with Crippen LogP contribution in [0, 0.1) is 11.3 Å². The topological polar surface area (TPSA) is 88.1 Å². The molecule has 2 aromatic rings. The van der Waals surface area contributed by atoms with Gasteiger partial charge in [-0.2, -0.15) is 10.4 Å². The maximum atomic E-state index is 11.5. The van der Waals surface area contributed by atoms with Gasteiger partial charge < -0.3 is 9.84 Å². The van der Waals surface area contributed by atoms with Crippen molar-refractivity contribution in [3.8, 4) is 17.5 Å². The Balaban J connectivity index is 2.33. The minimum absolute atomic E-state index is 0.0935. The van der Waals surface area contributed by atoms with E-state index in [9.17, 15) is 9.90 Å². The molecule has 0 unspecified atom stereocenters. The molecule has 0 atom stereocenters. The third-order valence-corrected chi connectivity index (χ3v) is 2.46. The maximum Gasteiger partial charge on any atom is 0.341 e. The quantitative estimate of drug-likeness (QED) is 0.844. The first kappa shape index (κ1) is 12.6. The molecule has 1 N–H and O–H groups in total. The summed E-state index contributed by atoms with van der Waals surface area (Å²) >= 11 is 0. The molecule has 0 aliphatic carbocycles. The zero-order valence-electron chi connectivity index (χ0n) is 10.2. The van der Waals surface area contributed by atoms with E-state index in [1.165, 1.54) is 29.2 Å². The van der Waals surface area contributed by atoms with Crippen molar-refractivity contribution < 1.29 is 14.6 Å². The number of nitriles is 1. The van der Waals surface area contributed by atoms with Gasteiger partial charge in [0, 0.05) is 6.20 Å². The van der Waals surface area contributed by atoms with Crippen molar-refractivity contribution >= 4 is 5.97 Å². The first-order valence-electron chi connectivity index (χ1n) is 5.61. The second-order valence-electron chi connectivity index (χ2n) is 3.71. The monoisotopic (exact) mass is 257 g/mol. The van der Waals surface area contributed by atoms with Gasteiger partial charge in [-0.05, 0) is 25.1 Å². The molecule has 19 heavy (non-hydrogen) atoms. The van der Waals surface area contributed by atoms with Crippen molar-refractivity contribution in [2.75, 3.05) is 6.61 Å². The highest BCUT2D eigenvalue weighted by molar-refractivity contribution is 5.88. The van der Waals surface area contributed by atoms with E-state index in [4.69, 9.17) is 10.00 Å². The summed E-state index contributed by atoms with van der Waals surface area (Å²) < 4.78 is 6.29. The third-order valence-electron chi connectivity index (χ3n) is 2.46. The lowest BCUT2D eigenvalue weighted by molar-refractivity contribution is 0.0526. The highest BCUT2D eigenvalue weighted by Gasteiger charge is 2.11. The molecule has 96 valence electrons. The van der Waals surface area contributed by atoms with Crippen LogP contribution in [0.5, 0.6) is 5.75 Å². The summed E-state index contributed by atoms with van der Waals surface area (Å²) in [6, 6.07) is 6.35. The van der Waals surface area contributed by atoms with Crippen LogP contribution in [0.3, 0.4) is 0 Å². The van der Waals surface area contributed by atoms with Crippen LogP contribution in [-0.4, -0.2) is 27.5 Å². The molecule has 0 saturated carbocycles. The Morgan fingerprint density at radius 3 is 3.05 bits per heavy atom. The number of carbonyl (C=O) groups excluding carboxylic acids is 1. The van der Waals surface area contributed by atoms with Gasteiger partial charge in [-0.3, -0.25) is 0 Å². The first-order chi connectivity index (χ1) is 9.15. The Bertz CT molecular complexity index is 655. The van der Waals surface area contributed by atoms with Crippen LogP contribution >= 0.6 is 0 Å². The van der Waals surface area contributed by atoms with E-state index in [-0.39, 0.29) is 11.3 Å². The Morgan fingerprint density at radius 2 is 2.37 bits per heavy atom. The molecule has 0 fully saturated rings. The van der Waals surface area contributed by atoms with Gasteiger partial charge in [-0.25, -0.2) is 9.48 Å². The third kappa shape index (κ3) is 2.55. The standard InChI is InChI=1S/C13H11N3O3/c1-2-19-13(18)10-7-15-16(8-10)11-3-4-12(17)9(5-11)6-14/h3-5,7-8,17H,2H2,1H3. The average Bonchev–Trinajstić information content (AvgIpc) is 2.89. The molecular formula is C13H11N3O3. The number of rotatable bonds is 3. The molecule has 0 spiro atoms. The van der Waals surface area contributed by atoms with Gasteiger partial charge in [-0.15, -0.1) is 0 Å². The molecule has 1 aromatic carbocycles. The van der Waals surface area contributed by atoms with Crippen molar-refractivity contribution in [2.45, 2.75) is 6.92 Å². The lowest BCUT2D eigenvalue weighted by Gasteiger charge is -2.02. The fourth-order valence-electron chi connectivity index (χ4n) is 1.54. The number of aromatic nitrogens is 2. The SMILES string of the molecule is CCOC(=O)c1cnn(-c2ccc(O)c(C#N)c2)c1. The molecule has 6 nitrogen and oxygen atoms in total. The Kier molecular flexibility index (Phi) is 3.48. The van der Waals surface area contributed by atoms with Gasteiger partial charge in [0.15, 0.2) is 0 Å². The van der Waals surface area contributed by atoms with E-state index in [1.807, 2.05) is 6.07 Å². The van der Waals surface area contributed by atoms with E-state index in [1.54, 1.807) is 13.0 Å². The van der Waals surface area contributed by atoms with Crippen molar-refractivity contribution in [3.05, 3.63) is 41.7 Å². The average molecular weight is 257 g/mol. The van der Waals surface area contributed by atoms with E-state index >= 15 is 0 Å². The summed E-state index contributed by atoms with van der Waals surface area (Å²) in [5, 5.41) is 22.3. The van der Waals surface area contributed by atoms with Crippen molar-refractivity contribution in [3.63, 3.8) is 0 Å². The summed E-state index contributed by atoms with van der Waals surface area (Å²) in [4.78, 5) is 11.5. The molecule has 1 heterocycles. The molecule has 1 aromatic heterocycles. The Labute approximate surface area is 109 Å². The fraction of sp³-hybridized carbons (Fsp3) is 0.154. The van der Waals surface area contributed by atoms with Crippen molar-refractivity contribution in [1.29, 1.82) is 5.26 Å². The van der Waals surface area contributed by atoms with Crippen LogP contribution in [0.15, 0.2) is 30.6 Å². The highest BCUT2D eigenvalue weighted by atomic mass is 16.5. The Hall–Kier alpha value is -2.81. The summed E-state index contributed by atoms with van der Waals surface area (Å²) in [5.41, 5.74) is 1.05. The molecule has 6 heteroatoms. The second kappa shape index (κ2) is 5.23. The maximum absolute atomic E-state index is 11.5. The number of carbonyl (C=O) groups is 1. The van der Waals surface area contributed by atoms with Crippen molar-refractivity contribution in [2.24, 2.45) is 0 Å². The van der Waals surface area contributed by atoms with Crippen LogP contribution in [-0.2, 0) is 4.74 Å². The zero-order chi connectivity index (χ0) is 13.8. The molecule has 0 radical (unpaired) electrons. The van der Waals surface area contributed by atoms with Crippen LogP contribution in [0.25, 0.3) is 5.69 Å². The fourth-order valence-corrected chi connectivity index (χ4v) is 1.54. The molecule has 0 amide bonds. The highest BCUT2D eigenvalue weighted by Crippen LogP contribution is 2.19. The van der Waals surface area contributed by atoms with Crippen LogP contribution < -0.4 is 0 Å². The number of nitrogens with zero attached hydrogens (tertiary/aromatic N) is 3.